The summed E-state index contributed by atoms with van der Waals surface area (Å²) in [4.78, 5) is 0. The molecule has 86 valence electrons. The van der Waals surface area contributed by atoms with Gasteiger partial charge in [-0.1, -0.05) is 33.6 Å². The average molecular weight is 202 g/mol. The number of aliphatic hydroxyl groups is 2. The first-order chi connectivity index (χ1) is 6.51. The number of aliphatic hydroxyl groups excluding tert-OH is 2. The van der Waals surface area contributed by atoms with Crippen molar-refractivity contribution in [1.29, 1.82) is 0 Å². The Morgan fingerprint density at radius 3 is 1.86 bits per heavy atom. The van der Waals surface area contributed by atoms with E-state index < -0.39 is 0 Å². The van der Waals surface area contributed by atoms with E-state index in [1.807, 2.05) is 0 Å². The van der Waals surface area contributed by atoms with Gasteiger partial charge in [-0.25, -0.2) is 0 Å². The topological polar surface area (TPSA) is 40.5 Å². The molecule has 0 fully saturated rings. The van der Waals surface area contributed by atoms with Gasteiger partial charge in [0.1, 0.15) is 0 Å². The summed E-state index contributed by atoms with van der Waals surface area (Å²) >= 11 is 0. The zero-order valence-corrected chi connectivity index (χ0v) is 10.0. The van der Waals surface area contributed by atoms with Gasteiger partial charge in [-0.2, -0.15) is 0 Å². The first-order valence-electron chi connectivity index (χ1n) is 5.87. The van der Waals surface area contributed by atoms with Crippen molar-refractivity contribution in [2.75, 3.05) is 0 Å². The van der Waals surface area contributed by atoms with Crippen LogP contribution in [0.25, 0.3) is 0 Å². The van der Waals surface area contributed by atoms with E-state index in [1.54, 1.807) is 6.92 Å². The molecule has 0 heterocycles. The minimum absolute atomic E-state index is 0.339. The Kier molecular flexibility index (Phi) is 7.20. The van der Waals surface area contributed by atoms with Gasteiger partial charge < -0.3 is 10.2 Å². The second kappa shape index (κ2) is 7.24. The molecule has 2 heteroatoms. The zero-order valence-electron chi connectivity index (χ0n) is 10.0. The molecule has 0 saturated heterocycles. The highest BCUT2D eigenvalue weighted by Crippen LogP contribution is 2.24. The van der Waals surface area contributed by atoms with Crippen LogP contribution < -0.4 is 0 Å². The van der Waals surface area contributed by atoms with Crippen molar-refractivity contribution in [2.24, 2.45) is 11.8 Å². The summed E-state index contributed by atoms with van der Waals surface area (Å²) in [6.45, 7) is 8.33. The highest BCUT2D eigenvalue weighted by atomic mass is 16.3. The lowest BCUT2D eigenvalue weighted by Crippen LogP contribution is -2.21. The third kappa shape index (κ3) is 5.61. The van der Waals surface area contributed by atoms with E-state index in [2.05, 4.69) is 20.8 Å². The van der Waals surface area contributed by atoms with Crippen molar-refractivity contribution in [3.8, 4) is 0 Å². The first-order valence-corrected chi connectivity index (χ1v) is 5.87. The lowest BCUT2D eigenvalue weighted by Gasteiger charge is -2.24. The third-order valence-electron chi connectivity index (χ3n) is 3.16. The van der Waals surface area contributed by atoms with Gasteiger partial charge in [-0.05, 0) is 31.6 Å². The number of hydrogen-bond donors (Lipinski definition) is 2. The van der Waals surface area contributed by atoms with Crippen LogP contribution in [0.5, 0.6) is 0 Å². The maximum absolute atomic E-state index is 9.71. The molecule has 2 nitrogen and oxygen atoms in total. The van der Waals surface area contributed by atoms with Crippen molar-refractivity contribution in [3.63, 3.8) is 0 Å². The molecule has 0 aliphatic heterocycles. The van der Waals surface area contributed by atoms with Gasteiger partial charge in [0.25, 0.3) is 0 Å². The fourth-order valence-corrected chi connectivity index (χ4v) is 1.97. The van der Waals surface area contributed by atoms with Gasteiger partial charge in [0.05, 0.1) is 12.2 Å². The minimum atomic E-state index is -0.389. The van der Waals surface area contributed by atoms with E-state index >= 15 is 0 Å². The molecular formula is C12H26O2. The van der Waals surface area contributed by atoms with Gasteiger partial charge in [0.15, 0.2) is 0 Å². The smallest absolute Gasteiger partial charge is 0.0567 e. The third-order valence-corrected chi connectivity index (χ3v) is 3.16. The highest BCUT2D eigenvalue weighted by molar-refractivity contribution is 4.70. The molecule has 0 aliphatic rings. The molecular weight excluding hydrogens is 176 g/mol. The number of rotatable bonds is 7. The van der Waals surface area contributed by atoms with E-state index in [1.165, 1.54) is 6.42 Å². The van der Waals surface area contributed by atoms with E-state index in [0.29, 0.717) is 18.3 Å². The predicted octanol–water partition coefficient (Wildman–Crippen LogP) is 2.58. The van der Waals surface area contributed by atoms with Crippen LogP contribution in [0.4, 0.5) is 0 Å². The summed E-state index contributed by atoms with van der Waals surface area (Å²) in [5.41, 5.74) is 0. The summed E-state index contributed by atoms with van der Waals surface area (Å²) in [6.07, 6.45) is 2.89. The first kappa shape index (κ1) is 13.9. The van der Waals surface area contributed by atoms with Crippen LogP contribution in [0.15, 0.2) is 0 Å². The molecule has 0 saturated carbocycles. The average Bonchev–Trinajstić information content (AvgIpc) is 2.11. The lowest BCUT2D eigenvalue weighted by molar-refractivity contribution is 0.0653. The number of hydrogen-bond acceptors (Lipinski definition) is 2. The maximum Gasteiger partial charge on any atom is 0.0567 e. The molecule has 2 N–H and O–H groups in total. The maximum atomic E-state index is 9.71. The van der Waals surface area contributed by atoms with E-state index in [9.17, 15) is 5.11 Å². The van der Waals surface area contributed by atoms with Gasteiger partial charge in [0, 0.05) is 0 Å². The van der Waals surface area contributed by atoms with Crippen molar-refractivity contribution in [1.82, 2.24) is 0 Å². The molecule has 0 bridgehead atoms. The fourth-order valence-electron chi connectivity index (χ4n) is 1.97. The van der Waals surface area contributed by atoms with Gasteiger partial charge in [-0.15, -0.1) is 0 Å². The van der Waals surface area contributed by atoms with Crippen LogP contribution in [-0.2, 0) is 0 Å². The molecule has 14 heavy (non-hydrogen) atoms. The summed E-state index contributed by atoms with van der Waals surface area (Å²) < 4.78 is 0. The molecule has 0 aromatic heterocycles. The Morgan fingerprint density at radius 2 is 1.50 bits per heavy atom. The largest absolute Gasteiger partial charge is 0.393 e. The summed E-state index contributed by atoms with van der Waals surface area (Å²) in [6, 6.07) is 0. The summed E-state index contributed by atoms with van der Waals surface area (Å²) in [5.74, 6) is 1.26. The SMILES string of the molecule is CCC(C)C(CC)CC(O)CC(C)O. The zero-order chi connectivity index (χ0) is 11.1. The second-order valence-corrected chi connectivity index (χ2v) is 4.53. The molecule has 0 aliphatic carbocycles. The standard InChI is InChI=1S/C12H26O2/c1-5-9(3)11(6-2)8-12(14)7-10(4)13/h9-14H,5-8H2,1-4H3. The molecule has 0 spiro atoms. The van der Waals surface area contributed by atoms with Crippen molar-refractivity contribution < 1.29 is 10.2 Å². The van der Waals surface area contributed by atoms with E-state index in [-0.39, 0.29) is 12.2 Å². The quantitative estimate of drug-likeness (QED) is 0.666. The van der Waals surface area contributed by atoms with Crippen molar-refractivity contribution in [3.05, 3.63) is 0 Å². The monoisotopic (exact) mass is 202 g/mol. The predicted molar refractivity (Wildman–Crippen MR) is 60.2 cm³/mol. The second-order valence-electron chi connectivity index (χ2n) is 4.53. The van der Waals surface area contributed by atoms with E-state index in [4.69, 9.17) is 5.11 Å². The van der Waals surface area contributed by atoms with Gasteiger partial charge in [0.2, 0.25) is 0 Å². The lowest BCUT2D eigenvalue weighted by atomic mass is 9.84. The molecule has 0 aromatic rings. The molecule has 0 radical (unpaired) electrons. The van der Waals surface area contributed by atoms with Gasteiger partial charge in [-0.3, -0.25) is 0 Å². The Morgan fingerprint density at radius 1 is 0.929 bits per heavy atom. The molecule has 4 unspecified atom stereocenters. The fraction of sp³-hybridized carbons (Fsp3) is 1.00. The normalized spacial score (nSPS) is 20.1. The Hall–Kier alpha value is -0.0800. The highest BCUT2D eigenvalue weighted by Gasteiger charge is 2.18. The van der Waals surface area contributed by atoms with E-state index in [0.717, 1.165) is 12.8 Å². The molecule has 4 atom stereocenters. The molecule has 0 amide bonds. The minimum Gasteiger partial charge on any atom is -0.393 e. The van der Waals surface area contributed by atoms with Crippen molar-refractivity contribution in [2.45, 2.75) is 65.6 Å². The van der Waals surface area contributed by atoms with Crippen LogP contribution in [0.2, 0.25) is 0 Å². The van der Waals surface area contributed by atoms with Crippen LogP contribution >= 0.6 is 0 Å². The Labute approximate surface area is 88.3 Å². The van der Waals surface area contributed by atoms with Crippen LogP contribution in [0, 0.1) is 11.8 Å². The van der Waals surface area contributed by atoms with Crippen LogP contribution in [0.3, 0.4) is 0 Å². The van der Waals surface area contributed by atoms with Crippen LogP contribution in [0.1, 0.15) is 53.4 Å². The van der Waals surface area contributed by atoms with Crippen molar-refractivity contribution >= 4 is 0 Å². The summed E-state index contributed by atoms with van der Waals surface area (Å²) in [7, 11) is 0. The molecule has 0 rings (SSSR count). The molecule has 0 aromatic carbocycles. The van der Waals surface area contributed by atoms with Crippen LogP contribution in [-0.4, -0.2) is 22.4 Å². The Balaban J connectivity index is 3.91. The summed E-state index contributed by atoms with van der Waals surface area (Å²) in [5, 5.41) is 18.8. The van der Waals surface area contributed by atoms with Gasteiger partial charge >= 0.3 is 0 Å². The Bertz CT molecular complexity index is 134.